The molecule has 2 aliphatic rings. The Hall–Kier alpha value is -0.570. The van der Waals surface area contributed by atoms with Crippen LogP contribution >= 0.6 is 0 Å². The van der Waals surface area contributed by atoms with Gasteiger partial charge in [0.2, 0.25) is 5.91 Å². The van der Waals surface area contributed by atoms with Crippen LogP contribution < -0.4 is 5.32 Å². The van der Waals surface area contributed by atoms with Crippen molar-refractivity contribution in [1.82, 2.24) is 5.32 Å². The molecule has 0 bridgehead atoms. The van der Waals surface area contributed by atoms with E-state index >= 15 is 0 Å². The van der Waals surface area contributed by atoms with Crippen molar-refractivity contribution in [3.8, 4) is 0 Å². The van der Waals surface area contributed by atoms with Gasteiger partial charge in [0.05, 0.1) is 12.1 Å². The van der Waals surface area contributed by atoms with Gasteiger partial charge >= 0.3 is 0 Å². The minimum Gasteiger partial charge on any atom is -0.366 e. The lowest BCUT2D eigenvalue weighted by atomic mass is 9.91. The van der Waals surface area contributed by atoms with Gasteiger partial charge < -0.3 is 10.1 Å². The van der Waals surface area contributed by atoms with Crippen LogP contribution in [0.3, 0.4) is 0 Å². The number of carbonyl (C=O) groups excluding carboxylic acids is 1. The molecular formula is C8H13NO2. The highest BCUT2D eigenvalue weighted by atomic mass is 16.5. The minimum atomic E-state index is 0.0492. The van der Waals surface area contributed by atoms with Crippen molar-refractivity contribution in [2.75, 3.05) is 6.61 Å². The van der Waals surface area contributed by atoms with Crippen molar-refractivity contribution >= 4 is 5.91 Å². The first kappa shape index (κ1) is 7.10. The summed E-state index contributed by atoms with van der Waals surface area (Å²) >= 11 is 0. The summed E-state index contributed by atoms with van der Waals surface area (Å²) in [5, 5.41) is 2.95. The topological polar surface area (TPSA) is 38.3 Å². The lowest BCUT2D eigenvalue weighted by Crippen LogP contribution is -2.52. The van der Waals surface area contributed by atoms with Gasteiger partial charge in [0.25, 0.3) is 0 Å². The van der Waals surface area contributed by atoms with E-state index in [0.29, 0.717) is 12.1 Å². The molecule has 1 amide bonds. The van der Waals surface area contributed by atoms with Gasteiger partial charge in [0, 0.05) is 0 Å². The van der Waals surface area contributed by atoms with Crippen LogP contribution in [0.1, 0.15) is 25.7 Å². The van der Waals surface area contributed by atoms with E-state index in [-0.39, 0.29) is 12.5 Å². The minimum absolute atomic E-state index is 0.0492. The zero-order chi connectivity index (χ0) is 7.68. The van der Waals surface area contributed by atoms with Crippen LogP contribution in [0, 0.1) is 0 Å². The first-order valence-corrected chi connectivity index (χ1v) is 4.27. The fourth-order valence-electron chi connectivity index (χ4n) is 1.89. The number of hydrogen-bond donors (Lipinski definition) is 1. The third kappa shape index (κ3) is 1.38. The molecule has 1 aliphatic carbocycles. The number of hydrogen-bond acceptors (Lipinski definition) is 2. The molecule has 1 aliphatic heterocycles. The standard InChI is InChI=1S/C8H13NO2/c10-8-5-11-7-4-2-1-3-6(7)9-8/h6-7H,1-5H2,(H,9,10)/t6-,7+/m1/s1. The molecule has 1 saturated carbocycles. The molecule has 2 atom stereocenters. The molecule has 3 heteroatoms. The largest absolute Gasteiger partial charge is 0.366 e. The smallest absolute Gasteiger partial charge is 0.246 e. The maximum Gasteiger partial charge on any atom is 0.246 e. The Bertz CT molecular complexity index is 169. The molecular weight excluding hydrogens is 142 g/mol. The Labute approximate surface area is 66.1 Å². The van der Waals surface area contributed by atoms with E-state index in [0.717, 1.165) is 12.8 Å². The Balaban J connectivity index is 1.98. The number of ether oxygens (including phenoxy) is 1. The molecule has 0 unspecified atom stereocenters. The number of fused-ring (bicyclic) bond motifs is 1. The summed E-state index contributed by atoms with van der Waals surface area (Å²) in [4.78, 5) is 10.9. The van der Waals surface area contributed by atoms with Gasteiger partial charge in [-0.05, 0) is 12.8 Å². The highest BCUT2D eigenvalue weighted by Gasteiger charge is 2.31. The SMILES string of the molecule is O=C1CO[C@H]2CCCC[C@H]2N1. The van der Waals surface area contributed by atoms with Gasteiger partial charge in [-0.15, -0.1) is 0 Å². The van der Waals surface area contributed by atoms with Crippen molar-refractivity contribution in [2.45, 2.75) is 37.8 Å². The molecule has 62 valence electrons. The summed E-state index contributed by atoms with van der Waals surface area (Å²) in [6.07, 6.45) is 4.99. The lowest BCUT2D eigenvalue weighted by molar-refractivity contribution is -0.138. The summed E-state index contributed by atoms with van der Waals surface area (Å²) < 4.78 is 5.38. The Morgan fingerprint density at radius 2 is 2.18 bits per heavy atom. The van der Waals surface area contributed by atoms with Crippen LogP contribution in [0.4, 0.5) is 0 Å². The summed E-state index contributed by atoms with van der Waals surface area (Å²) in [6, 6.07) is 0.310. The molecule has 1 heterocycles. The van der Waals surface area contributed by atoms with E-state index in [1.807, 2.05) is 0 Å². The van der Waals surface area contributed by atoms with Crippen molar-refractivity contribution in [1.29, 1.82) is 0 Å². The Morgan fingerprint density at radius 3 is 3.09 bits per heavy atom. The second kappa shape index (κ2) is 2.81. The van der Waals surface area contributed by atoms with Gasteiger partial charge in [-0.3, -0.25) is 4.79 Å². The molecule has 1 N–H and O–H groups in total. The van der Waals surface area contributed by atoms with Crippen LogP contribution in [0.15, 0.2) is 0 Å². The van der Waals surface area contributed by atoms with E-state index in [1.54, 1.807) is 0 Å². The van der Waals surface area contributed by atoms with E-state index < -0.39 is 0 Å². The molecule has 2 rings (SSSR count). The summed E-state index contributed by atoms with van der Waals surface area (Å²) in [5.74, 6) is 0.0492. The zero-order valence-electron chi connectivity index (χ0n) is 6.51. The predicted octanol–water partition coefficient (Wildman–Crippen LogP) is 0.444. The van der Waals surface area contributed by atoms with E-state index in [1.165, 1.54) is 12.8 Å². The van der Waals surface area contributed by atoms with Crippen LogP contribution in [-0.4, -0.2) is 24.7 Å². The molecule has 1 saturated heterocycles. The number of morpholine rings is 1. The number of carbonyl (C=O) groups is 1. The van der Waals surface area contributed by atoms with E-state index in [9.17, 15) is 4.79 Å². The third-order valence-corrected chi connectivity index (χ3v) is 2.48. The lowest BCUT2D eigenvalue weighted by Gasteiger charge is -2.35. The Morgan fingerprint density at radius 1 is 1.36 bits per heavy atom. The van der Waals surface area contributed by atoms with Crippen LogP contribution in [-0.2, 0) is 9.53 Å². The molecule has 0 aromatic carbocycles. The highest BCUT2D eigenvalue weighted by Crippen LogP contribution is 2.22. The first-order chi connectivity index (χ1) is 5.36. The molecule has 3 nitrogen and oxygen atoms in total. The average Bonchev–Trinajstić information content (AvgIpc) is 2.04. The van der Waals surface area contributed by atoms with E-state index in [4.69, 9.17) is 4.74 Å². The molecule has 0 radical (unpaired) electrons. The van der Waals surface area contributed by atoms with Gasteiger partial charge in [-0.25, -0.2) is 0 Å². The average molecular weight is 155 g/mol. The zero-order valence-corrected chi connectivity index (χ0v) is 6.51. The van der Waals surface area contributed by atoms with Gasteiger partial charge in [-0.2, -0.15) is 0 Å². The maximum atomic E-state index is 10.9. The van der Waals surface area contributed by atoms with Gasteiger partial charge in [0.1, 0.15) is 6.61 Å². The first-order valence-electron chi connectivity index (χ1n) is 4.27. The van der Waals surface area contributed by atoms with Crippen molar-refractivity contribution in [3.05, 3.63) is 0 Å². The van der Waals surface area contributed by atoms with Crippen molar-refractivity contribution in [2.24, 2.45) is 0 Å². The van der Waals surface area contributed by atoms with E-state index in [2.05, 4.69) is 5.32 Å². The van der Waals surface area contributed by atoms with Crippen LogP contribution in [0.25, 0.3) is 0 Å². The van der Waals surface area contributed by atoms with Crippen LogP contribution in [0.5, 0.6) is 0 Å². The van der Waals surface area contributed by atoms with Gasteiger partial charge in [0.15, 0.2) is 0 Å². The third-order valence-electron chi connectivity index (χ3n) is 2.48. The summed E-state index contributed by atoms with van der Waals surface area (Å²) in [5.41, 5.74) is 0. The monoisotopic (exact) mass is 155 g/mol. The quantitative estimate of drug-likeness (QED) is 0.551. The molecule has 2 fully saturated rings. The highest BCUT2D eigenvalue weighted by molar-refractivity contribution is 5.78. The number of rotatable bonds is 0. The molecule has 0 aromatic rings. The van der Waals surface area contributed by atoms with Crippen LogP contribution in [0.2, 0.25) is 0 Å². The second-order valence-electron chi connectivity index (χ2n) is 3.31. The number of amides is 1. The van der Waals surface area contributed by atoms with Gasteiger partial charge in [-0.1, -0.05) is 12.8 Å². The fourth-order valence-corrected chi connectivity index (χ4v) is 1.89. The molecule has 11 heavy (non-hydrogen) atoms. The summed E-state index contributed by atoms with van der Waals surface area (Å²) in [6.45, 7) is 0.265. The molecule has 0 aromatic heterocycles. The van der Waals surface area contributed by atoms with Crippen molar-refractivity contribution < 1.29 is 9.53 Å². The second-order valence-corrected chi connectivity index (χ2v) is 3.31. The van der Waals surface area contributed by atoms with Crippen molar-refractivity contribution in [3.63, 3.8) is 0 Å². The molecule has 0 spiro atoms. The normalized spacial score (nSPS) is 37.6. The summed E-state index contributed by atoms with van der Waals surface area (Å²) in [7, 11) is 0. The predicted molar refractivity (Wildman–Crippen MR) is 40.1 cm³/mol. The number of nitrogens with one attached hydrogen (secondary N) is 1. The maximum absolute atomic E-state index is 10.9. The Kier molecular flexibility index (Phi) is 1.82. The fraction of sp³-hybridized carbons (Fsp3) is 0.875.